The van der Waals surface area contributed by atoms with E-state index < -0.39 is 18.4 Å². The van der Waals surface area contributed by atoms with Crippen molar-refractivity contribution in [1.82, 2.24) is 19.5 Å². The fraction of sp³-hybridized carbons (Fsp3) is 0.353. The standard InChI is InChI=1S/C17H19N5O3S/c18-17-20-15-14(16(21-17)26-8-10-4-2-1-3-5-10)19-9-22(15)13-6-11(24)12(7-23)25-13/h1-5,9,11-13,23-24H,6-8H2,(H2,18,20,21)/t11-,12+,13+/m1/s1. The maximum Gasteiger partial charge on any atom is 0.223 e. The molecule has 0 unspecified atom stereocenters. The van der Waals surface area contributed by atoms with Crippen LogP contribution in [0.25, 0.3) is 11.2 Å². The molecule has 4 N–H and O–H groups in total. The summed E-state index contributed by atoms with van der Waals surface area (Å²) in [6.07, 6.45) is 0.181. The third-order valence-electron chi connectivity index (χ3n) is 4.32. The van der Waals surface area contributed by atoms with Crippen molar-refractivity contribution < 1.29 is 14.9 Å². The van der Waals surface area contributed by atoms with Crippen LogP contribution in [0.4, 0.5) is 5.95 Å². The lowest BCUT2D eigenvalue weighted by Crippen LogP contribution is -2.24. The number of nitrogens with two attached hydrogens (primary N) is 1. The molecule has 0 aliphatic carbocycles. The largest absolute Gasteiger partial charge is 0.394 e. The number of aliphatic hydroxyl groups is 2. The number of aromatic nitrogens is 4. The second-order valence-electron chi connectivity index (χ2n) is 6.10. The molecule has 3 heterocycles. The molecule has 8 nitrogen and oxygen atoms in total. The van der Waals surface area contributed by atoms with Gasteiger partial charge in [0, 0.05) is 12.2 Å². The Kier molecular flexibility index (Phi) is 4.77. The highest BCUT2D eigenvalue weighted by Crippen LogP contribution is 2.33. The number of nitrogens with zero attached hydrogens (tertiary/aromatic N) is 4. The van der Waals surface area contributed by atoms with E-state index >= 15 is 0 Å². The SMILES string of the molecule is Nc1nc(SCc2ccccc2)c2ncn([C@@H]3C[C@@H](O)[C@H](CO)O3)c2n1. The van der Waals surface area contributed by atoms with Gasteiger partial charge < -0.3 is 20.7 Å². The highest BCUT2D eigenvalue weighted by molar-refractivity contribution is 7.98. The van der Waals surface area contributed by atoms with Gasteiger partial charge in [0.05, 0.1) is 19.0 Å². The van der Waals surface area contributed by atoms with Crippen LogP contribution in [0.1, 0.15) is 18.2 Å². The number of anilines is 1. The quantitative estimate of drug-likeness (QED) is 0.453. The van der Waals surface area contributed by atoms with E-state index in [0.29, 0.717) is 22.6 Å². The Balaban J connectivity index is 1.63. The summed E-state index contributed by atoms with van der Waals surface area (Å²) < 4.78 is 7.43. The van der Waals surface area contributed by atoms with Gasteiger partial charge in [0.25, 0.3) is 0 Å². The summed E-state index contributed by atoms with van der Waals surface area (Å²) in [5.41, 5.74) is 8.27. The number of hydrogen-bond acceptors (Lipinski definition) is 8. The van der Waals surface area contributed by atoms with Crippen LogP contribution in [-0.4, -0.2) is 48.5 Å². The second kappa shape index (κ2) is 7.20. The van der Waals surface area contributed by atoms with Crippen LogP contribution in [0.5, 0.6) is 0 Å². The molecular formula is C17H19N5O3S. The minimum absolute atomic E-state index is 0.159. The van der Waals surface area contributed by atoms with Crippen molar-refractivity contribution in [2.24, 2.45) is 0 Å². The fourth-order valence-electron chi connectivity index (χ4n) is 2.99. The van der Waals surface area contributed by atoms with Crippen molar-refractivity contribution >= 4 is 28.9 Å². The molecule has 4 rings (SSSR count). The van der Waals surface area contributed by atoms with Gasteiger partial charge in [-0.25, -0.2) is 9.97 Å². The van der Waals surface area contributed by atoms with Crippen molar-refractivity contribution in [3.63, 3.8) is 0 Å². The van der Waals surface area contributed by atoms with E-state index in [-0.39, 0.29) is 12.6 Å². The van der Waals surface area contributed by atoms with E-state index in [1.54, 1.807) is 22.7 Å². The Labute approximate surface area is 154 Å². The topological polar surface area (TPSA) is 119 Å². The van der Waals surface area contributed by atoms with Crippen LogP contribution in [0, 0.1) is 0 Å². The second-order valence-corrected chi connectivity index (χ2v) is 7.06. The maximum absolute atomic E-state index is 9.97. The molecule has 0 spiro atoms. The van der Waals surface area contributed by atoms with Gasteiger partial charge in [0.15, 0.2) is 5.65 Å². The summed E-state index contributed by atoms with van der Waals surface area (Å²) in [5.74, 6) is 0.900. The zero-order valence-corrected chi connectivity index (χ0v) is 14.7. The van der Waals surface area contributed by atoms with E-state index in [0.717, 1.165) is 5.75 Å². The summed E-state index contributed by atoms with van der Waals surface area (Å²) in [5, 5.41) is 19.9. The number of hydrogen-bond donors (Lipinski definition) is 3. The monoisotopic (exact) mass is 373 g/mol. The Bertz CT molecular complexity index is 904. The zero-order valence-electron chi connectivity index (χ0n) is 13.9. The Hall–Kier alpha value is -2.20. The number of fused-ring (bicyclic) bond motifs is 1. The number of thioether (sulfide) groups is 1. The molecule has 3 aromatic rings. The minimum atomic E-state index is -0.728. The van der Waals surface area contributed by atoms with Crippen molar-refractivity contribution in [2.75, 3.05) is 12.3 Å². The van der Waals surface area contributed by atoms with Gasteiger partial charge in [-0.2, -0.15) is 4.98 Å². The molecule has 9 heteroatoms. The first kappa shape index (κ1) is 17.2. The van der Waals surface area contributed by atoms with E-state index in [2.05, 4.69) is 27.1 Å². The van der Waals surface area contributed by atoms with Gasteiger partial charge in [-0.3, -0.25) is 4.57 Å². The normalized spacial score (nSPS) is 22.9. The van der Waals surface area contributed by atoms with Gasteiger partial charge in [0.2, 0.25) is 5.95 Å². The van der Waals surface area contributed by atoms with E-state index in [1.807, 2.05) is 18.2 Å². The zero-order chi connectivity index (χ0) is 18.1. The Morgan fingerprint density at radius 2 is 2.08 bits per heavy atom. The van der Waals surface area contributed by atoms with Crippen molar-refractivity contribution in [1.29, 1.82) is 0 Å². The van der Waals surface area contributed by atoms with Gasteiger partial charge in [-0.1, -0.05) is 42.1 Å². The first-order valence-corrected chi connectivity index (χ1v) is 9.25. The molecule has 26 heavy (non-hydrogen) atoms. The first-order valence-electron chi connectivity index (χ1n) is 8.27. The molecule has 0 radical (unpaired) electrons. The van der Waals surface area contributed by atoms with Crippen LogP contribution in [0.3, 0.4) is 0 Å². The molecule has 3 atom stereocenters. The molecule has 0 saturated carbocycles. The first-order chi connectivity index (χ1) is 12.7. The van der Waals surface area contributed by atoms with Crippen LogP contribution in [0.2, 0.25) is 0 Å². The molecule has 1 aliphatic heterocycles. The Morgan fingerprint density at radius 3 is 2.81 bits per heavy atom. The van der Waals surface area contributed by atoms with Crippen LogP contribution in [-0.2, 0) is 10.5 Å². The van der Waals surface area contributed by atoms with E-state index in [4.69, 9.17) is 10.5 Å². The third kappa shape index (κ3) is 3.26. The number of rotatable bonds is 5. The van der Waals surface area contributed by atoms with E-state index in [1.165, 1.54) is 5.56 Å². The summed E-state index contributed by atoms with van der Waals surface area (Å²) in [6, 6.07) is 10.1. The molecule has 136 valence electrons. The number of ether oxygens (including phenoxy) is 1. The van der Waals surface area contributed by atoms with Crippen LogP contribution >= 0.6 is 11.8 Å². The molecule has 1 saturated heterocycles. The van der Waals surface area contributed by atoms with Gasteiger partial charge in [-0.15, -0.1) is 0 Å². The van der Waals surface area contributed by atoms with Crippen molar-refractivity contribution in [3.8, 4) is 0 Å². The fourth-order valence-corrected chi connectivity index (χ4v) is 3.93. The molecule has 1 fully saturated rings. The molecule has 0 amide bonds. The van der Waals surface area contributed by atoms with Crippen LogP contribution < -0.4 is 5.73 Å². The lowest BCUT2D eigenvalue weighted by molar-refractivity contribution is -0.0432. The predicted molar refractivity (Wildman–Crippen MR) is 97.4 cm³/mol. The molecular weight excluding hydrogens is 354 g/mol. The molecule has 0 bridgehead atoms. The predicted octanol–water partition coefficient (Wildman–Crippen LogP) is 1.34. The van der Waals surface area contributed by atoms with Crippen LogP contribution in [0.15, 0.2) is 41.7 Å². The average molecular weight is 373 g/mol. The number of benzene rings is 1. The lowest BCUT2D eigenvalue weighted by Gasteiger charge is -2.13. The highest BCUT2D eigenvalue weighted by atomic mass is 32.2. The van der Waals surface area contributed by atoms with Gasteiger partial charge in [-0.05, 0) is 5.56 Å². The van der Waals surface area contributed by atoms with Crippen molar-refractivity contribution in [3.05, 3.63) is 42.2 Å². The van der Waals surface area contributed by atoms with Gasteiger partial charge in [0.1, 0.15) is 22.9 Å². The summed E-state index contributed by atoms with van der Waals surface area (Å²) in [4.78, 5) is 13.1. The summed E-state index contributed by atoms with van der Waals surface area (Å²) >= 11 is 1.54. The number of imidazole rings is 1. The summed E-state index contributed by atoms with van der Waals surface area (Å²) in [7, 11) is 0. The molecule has 1 aliphatic rings. The molecule has 1 aromatic carbocycles. The minimum Gasteiger partial charge on any atom is -0.394 e. The van der Waals surface area contributed by atoms with Gasteiger partial charge >= 0.3 is 0 Å². The number of nitrogen functional groups attached to an aromatic ring is 1. The lowest BCUT2D eigenvalue weighted by atomic mass is 10.2. The highest BCUT2D eigenvalue weighted by Gasteiger charge is 2.35. The third-order valence-corrected chi connectivity index (χ3v) is 5.36. The smallest absolute Gasteiger partial charge is 0.223 e. The Morgan fingerprint density at radius 1 is 1.27 bits per heavy atom. The average Bonchev–Trinajstić information content (AvgIpc) is 3.23. The molecule has 2 aromatic heterocycles. The maximum atomic E-state index is 9.97. The van der Waals surface area contributed by atoms with E-state index in [9.17, 15) is 10.2 Å². The van der Waals surface area contributed by atoms with Crippen molar-refractivity contribution in [2.45, 2.75) is 35.6 Å². The number of aliphatic hydroxyl groups excluding tert-OH is 2. The summed E-state index contributed by atoms with van der Waals surface area (Å²) in [6.45, 7) is -0.237.